The molecule has 0 aromatic carbocycles. The summed E-state index contributed by atoms with van der Waals surface area (Å²) in [6, 6.07) is 3.66. The lowest BCUT2D eigenvalue weighted by Crippen LogP contribution is -2.32. The number of carbonyl (C=O) groups is 1. The number of nitrogens with one attached hydrogen (secondary N) is 1. The highest BCUT2D eigenvalue weighted by atomic mass is 16.2. The van der Waals surface area contributed by atoms with E-state index in [1.165, 1.54) is 0 Å². The van der Waals surface area contributed by atoms with Crippen LogP contribution in [-0.4, -0.2) is 35.9 Å². The van der Waals surface area contributed by atoms with Gasteiger partial charge >= 0.3 is 0 Å². The Labute approximate surface area is 109 Å². The second kappa shape index (κ2) is 6.99. The molecule has 0 aliphatic heterocycles. The highest BCUT2D eigenvalue weighted by Crippen LogP contribution is 2.12. The van der Waals surface area contributed by atoms with Gasteiger partial charge in [0.25, 0.3) is 5.91 Å². The lowest BCUT2D eigenvalue weighted by molar-refractivity contribution is 0.0755. The van der Waals surface area contributed by atoms with Gasteiger partial charge < -0.3 is 10.2 Å². The maximum Gasteiger partial charge on any atom is 0.254 e. The maximum atomic E-state index is 12.4. The standard InChI is InChI=1S/C14H23N3O/c1-5-7-17(8-6-2)14(18)12-9-11(3)16-13(10-12)15-4/h9-10H,5-8H2,1-4H3,(H,15,16). The Kier molecular flexibility index (Phi) is 5.62. The van der Waals surface area contributed by atoms with E-state index in [2.05, 4.69) is 24.1 Å². The minimum atomic E-state index is 0.0979. The Hall–Kier alpha value is -1.58. The van der Waals surface area contributed by atoms with Crippen molar-refractivity contribution < 1.29 is 4.79 Å². The molecule has 0 unspecified atom stereocenters. The number of hydrogen-bond donors (Lipinski definition) is 1. The molecule has 0 aliphatic rings. The van der Waals surface area contributed by atoms with E-state index in [0.29, 0.717) is 5.56 Å². The molecule has 0 spiro atoms. The van der Waals surface area contributed by atoms with Gasteiger partial charge in [-0.2, -0.15) is 0 Å². The van der Waals surface area contributed by atoms with Crippen LogP contribution in [0.4, 0.5) is 5.82 Å². The molecule has 0 saturated carbocycles. The van der Waals surface area contributed by atoms with Gasteiger partial charge in [0, 0.05) is 31.4 Å². The van der Waals surface area contributed by atoms with Gasteiger partial charge in [0.1, 0.15) is 5.82 Å². The third-order valence-electron chi connectivity index (χ3n) is 2.73. The Bertz CT molecular complexity index is 398. The second-order valence-corrected chi connectivity index (χ2v) is 4.42. The molecule has 1 aromatic heterocycles. The predicted octanol–water partition coefficient (Wildman–Crippen LogP) is 2.69. The molecule has 0 bridgehead atoms. The highest BCUT2D eigenvalue weighted by molar-refractivity contribution is 5.95. The molecule has 0 fully saturated rings. The molecule has 1 rings (SSSR count). The van der Waals surface area contributed by atoms with Crippen LogP contribution < -0.4 is 5.32 Å². The number of carbonyl (C=O) groups excluding carboxylic acids is 1. The van der Waals surface area contributed by atoms with Crippen LogP contribution in [0.1, 0.15) is 42.7 Å². The summed E-state index contributed by atoms with van der Waals surface area (Å²) in [5.74, 6) is 0.840. The summed E-state index contributed by atoms with van der Waals surface area (Å²) in [7, 11) is 1.81. The minimum absolute atomic E-state index is 0.0979. The van der Waals surface area contributed by atoms with Crippen LogP contribution in [0.25, 0.3) is 0 Å². The van der Waals surface area contributed by atoms with E-state index in [9.17, 15) is 4.79 Å². The van der Waals surface area contributed by atoms with Crippen LogP contribution >= 0.6 is 0 Å². The number of hydrogen-bond acceptors (Lipinski definition) is 3. The first-order valence-electron chi connectivity index (χ1n) is 6.58. The normalized spacial score (nSPS) is 10.2. The summed E-state index contributed by atoms with van der Waals surface area (Å²) in [6.45, 7) is 7.70. The molecule has 4 nitrogen and oxygen atoms in total. The minimum Gasteiger partial charge on any atom is -0.373 e. The van der Waals surface area contributed by atoms with Crippen molar-refractivity contribution >= 4 is 11.7 Å². The van der Waals surface area contributed by atoms with Crippen LogP contribution in [0, 0.1) is 6.92 Å². The quantitative estimate of drug-likeness (QED) is 0.843. The first-order chi connectivity index (χ1) is 8.62. The largest absolute Gasteiger partial charge is 0.373 e. The zero-order chi connectivity index (χ0) is 13.5. The highest BCUT2D eigenvalue weighted by Gasteiger charge is 2.15. The molecule has 1 aromatic rings. The van der Waals surface area contributed by atoms with E-state index in [-0.39, 0.29) is 5.91 Å². The molecule has 18 heavy (non-hydrogen) atoms. The van der Waals surface area contributed by atoms with Gasteiger partial charge in [0.2, 0.25) is 0 Å². The van der Waals surface area contributed by atoms with Crippen molar-refractivity contribution in [3.05, 3.63) is 23.4 Å². The summed E-state index contributed by atoms with van der Waals surface area (Å²) < 4.78 is 0. The Balaban J connectivity index is 2.96. The number of aromatic nitrogens is 1. The molecule has 1 heterocycles. The third-order valence-corrected chi connectivity index (χ3v) is 2.73. The first kappa shape index (κ1) is 14.5. The van der Waals surface area contributed by atoms with E-state index < -0.39 is 0 Å². The molecule has 100 valence electrons. The average Bonchev–Trinajstić information content (AvgIpc) is 2.36. The molecular weight excluding hydrogens is 226 g/mol. The van der Waals surface area contributed by atoms with E-state index >= 15 is 0 Å². The monoisotopic (exact) mass is 249 g/mol. The summed E-state index contributed by atoms with van der Waals surface area (Å²) in [4.78, 5) is 18.6. The Morgan fingerprint density at radius 1 is 1.28 bits per heavy atom. The molecular formula is C14H23N3O. The zero-order valence-corrected chi connectivity index (χ0v) is 11.8. The van der Waals surface area contributed by atoms with Gasteiger partial charge in [-0.1, -0.05) is 13.8 Å². The van der Waals surface area contributed by atoms with Crippen LogP contribution in [0.15, 0.2) is 12.1 Å². The van der Waals surface area contributed by atoms with Crippen molar-refractivity contribution in [3.63, 3.8) is 0 Å². The van der Waals surface area contributed by atoms with Crippen LogP contribution in [0.3, 0.4) is 0 Å². The predicted molar refractivity (Wildman–Crippen MR) is 75.0 cm³/mol. The number of pyridine rings is 1. The molecule has 0 atom stereocenters. The van der Waals surface area contributed by atoms with Crippen molar-refractivity contribution in [2.24, 2.45) is 0 Å². The van der Waals surface area contributed by atoms with Gasteiger partial charge in [-0.05, 0) is 31.9 Å². The summed E-state index contributed by atoms with van der Waals surface area (Å²) in [5.41, 5.74) is 1.58. The molecule has 1 N–H and O–H groups in total. The average molecular weight is 249 g/mol. The van der Waals surface area contributed by atoms with Gasteiger partial charge in [-0.15, -0.1) is 0 Å². The maximum absolute atomic E-state index is 12.4. The lowest BCUT2D eigenvalue weighted by atomic mass is 10.2. The van der Waals surface area contributed by atoms with Crippen LogP contribution in [0.2, 0.25) is 0 Å². The SMILES string of the molecule is CCCN(CCC)C(=O)c1cc(C)nc(NC)c1. The fourth-order valence-corrected chi connectivity index (χ4v) is 1.96. The summed E-state index contributed by atoms with van der Waals surface area (Å²) in [5, 5.41) is 2.98. The molecule has 0 radical (unpaired) electrons. The van der Waals surface area contributed by atoms with E-state index in [4.69, 9.17) is 0 Å². The molecule has 1 amide bonds. The Morgan fingerprint density at radius 2 is 1.89 bits per heavy atom. The van der Waals surface area contributed by atoms with Gasteiger partial charge in [0.05, 0.1) is 0 Å². The van der Waals surface area contributed by atoms with Crippen molar-refractivity contribution in [2.75, 3.05) is 25.5 Å². The smallest absolute Gasteiger partial charge is 0.254 e. The number of anilines is 1. The Morgan fingerprint density at radius 3 is 2.39 bits per heavy atom. The van der Waals surface area contributed by atoms with Crippen molar-refractivity contribution in [1.29, 1.82) is 0 Å². The zero-order valence-electron chi connectivity index (χ0n) is 11.8. The number of amides is 1. The topological polar surface area (TPSA) is 45.2 Å². The van der Waals surface area contributed by atoms with Crippen molar-refractivity contribution in [3.8, 4) is 0 Å². The first-order valence-corrected chi connectivity index (χ1v) is 6.58. The number of rotatable bonds is 6. The van der Waals surface area contributed by atoms with Crippen LogP contribution in [-0.2, 0) is 0 Å². The van der Waals surface area contributed by atoms with Gasteiger partial charge in [-0.25, -0.2) is 4.98 Å². The number of nitrogens with zero attached hydrogens (tertiary/aromatic N) is 2. The van der Waals surface area contributed by atoms with Crippen molar-refractivity contribution in [1.82, 2.24) is 9.88 Å². The number of aryl methyl sites for hydroxylation is 1. The van der Waals surface area contributed by atoms with Crippen molar-refractivity contribution in [2.45, 2.75) is 33.6 Å². The van der Waals surface area contributed by atoms with E-state index in [0.717, 1.165) is 37.4 Å². The van der Waals surface area contributed by atoms with Gasteiger partial charge in [0.15, 0.2) is 0 Å². The van der Waals surface area contributed by atoms with Gasteiger partial charge in [-0.3, -0.25) is 4.79 Å². The third kappa shape index (κ3) is 3.72. The summed E-state index contributed by atoms with van der Waals surface area (Å²) >= 11 is 0. The molecule has 4 heteroatoms. The van der Waals surface area contributed by atoms with E-state index in [1.54, 1.807) is 0 Å². The van der Waals surface area contributed by atoms with Crippen LogP contribution in [0.5, 0.6) is 0 Å². The molecule has 0 saturated heterocycles. The fraction of sp³-hybridized carbons (Fsp3) is 0.571. The summed E-state index contributed by atoms with van der Waals surface area (Å²) in [6.07, 6.45) is 1.96. The fourth-order valence-electron chi connectivity index (χ4n) is 1.96. The second-order valence-electron chi connectivity index (χ2n) is 4.42. The lowest BCUT2D eigenvalue weighted by Gasteiger charge is -2.21. The van der Waals surface area contributed by atoms with E-state index in [1.807, 2.05) is 31.0 Å². The molecule has 0 aliphatic carbocycles.